The van der Waals surface area contributed by atoms with Gasteiger partial charge in [-0.2, -0.15) is 5.10 Å². The van der Waals surface area contributed by atoms with Crippen LogP contribution in [0.15, 0.2) is 0 Å². The van der Waals surface area contributed by atoms with E-state index in [1.165, 1.54) is 5.56 Å². The number of hydrogen-bond acceptors (Lipinski definition) is 5. The van der Waals surface area contributed by atoms with Crippen molar-refractivity contribution >= 4 is 0 Å². The van der Waals surface area contributed by atoms with Crippen molar-refractivity contribution < 1.29 is 9.84 Å². The molecule has 20 heavy (non-hydrogen) atoms. The van der Waals surface area contributed by atoms with Gasteiger partial charge in [0.1, 0.15) is 0 Å². The third-order valence-corrected chi connectivity index (χ3v) is 3.86. The summed E-state index contributed by atoms with van der Waals surface area (Å²) in [7, 11) is 2.13. The summed E-state index contributed by atoms with van der Waals surface area (Å²) in [5.41, 5.74) is 3.39. The van der Waals surface area contributed by atoms with Crippen LogP contribution in [0.3, 0.4) is 0 Å². The first-order chi connectivity index (χ1) is 9.61. The molecule has 0 bridgehead atoms. The Balaban J connectivity index is 1.84. The molecule has 1 aromatic heterocycles. The molecule has 1 aromatic rings. The summed E-state index contributed by atoms with van der Waals surface area (Å²) in [6, 6.07) is 0. The largest absolute Gasteiger partial charge is 0.394 e. The first kappa shape index (κ1) is 15.4. The van der Waals surface area contributed by atoms with E-state index in [2.05, 4.69) is 29.3 Å². The Morgan fingerprint density at radius 3 is 2.95 bits per heavy atom. The van der Waals surface area contributed by atoms with Crippen LogP contribution in [0.1, 0.15) is 17.0 Å². The normalized spacial score (nSPS) is 20.5. The lowest BCUT2D eigenvalue weighted by atomic mass is 10.2. The fraction of sp³-hybridized carbons (Fsp3) is 0.786. The van der Waals surface area contributed by atoms with E-state index in [9.17, 15) is 0 Å². The van der Waals surface area contributed by atoms with Gasteiger partial charge < -0.3 is 20.1 Å². The van der Waals surface area contributed by atoms with Gasteiger partial charge in [0.15, 0.2) is 0 Å². The van der Waals surface area contributed by atoms with E-state index in [1.807, 2.05) is 11.6 Å². The van der Waals surface area contributed by atoms with E-state index in [0.717, 1.165) is 44.2 Å². The van der Waals surface area contributed by atoms with Crippen LogP contribution in [0.2, 0.25) is 0 Å². The number of likely N-dealkylation sites (N-methyl/N-ethyl adjacent to an activating group) is 1. The van der Waals surface area contributed by atoms with Crippen molar-refractivity contribution in [1.82, 2.24) is 20.0 Å². The minimum absolute atomic E-state index is 0.122. The van der Waals surface area contributed by atoms with Gasteiger partial charge in [0.05, 0.1) is 31.6 Å². The van der Waals surface area contributed by atoms with Crippen molar-refractivity contribution in [2.45, 2.75) is 33.0 Å². The molecule has 0 saturated carbocycles. The molecular weight excluding hydrogens is 256 g/mol. The summed E-state index contributed by atoms with van der Waals surface area (Å²) in [5.74, 6) is 0. The van der Waals surface area contributed by atoms with Gasteiger partial charge in [0.2, 0.25) is 0 Å². The maximum Gasteiger partial charge on any atom is 0.0826 e. The Labute approximate surface area is 120 Å². The summed E-state index contributed by atoms with van der Waals surface area (Å²) in [6.07, 6.45) is 0.266. The molecule has 1 unspecified atom stereocenters. The second kappa shape index (κ2) is 7.17. The Morgan fingerprint density at radius 2 is 2.25 bits per heavy atom. The lowest BCUT2D eigenvalue weighted by Gasteiger charge is -2.30. The molecule has 1 aliphatic rings. The number of rotatable bonds is 6. The number of aliphatic hydroxyl groups is 1. The summed E-state index contributed by atoms with van der Waals surface area (Å²) in [6.45, 7) is 9.22. The zero-order valence-corrected chi connectivity index (χ0v) is 12.7. The third kappa shape index (κ3) is 3.79. The van der Waals surface area contributed by atoms with Gasteiger partial charge in [0, 0.05) is 37.4 Å². The topological polar surface area (TPSA) is 62.5 Å². The second-order valence-electron chi connectivity index (χ2n) is 5.48. The van der Waals surface area contributed by atoms with Gasteiger partial charge >= 0.3 is 0 Å². The minimum atomic E-state index is 0.122. The lowest BCUT2D eigenvalue weighted by Crippen LogP contribution is -2.44. The molecule has 0 radical (unpaired) electrons. The van der Waals surface area contributed by atoms with Crippen LogP contribution in [0.4, 0.5) is 0 Å². The highest BCUT2D eigenvalue weighted by Crippen LogP contribution is 2.12. The zero-order valence-electron chi connectivity index (χ0n) is 12.7. The summed E-state index contributed by atoms with van der Waals surface area (Å²) >= 11 is 0. The van der Waals surface area contributed by atoms with Gasteiger partial charge in [-0.3, -0.25) is 4.68 Å². The van der Waals surface area contributed by atoms with Gasteiger partial charge in [-0.1, -0.05) is 0 Å². The van der Waals surface area contributed by atoms with Crippen molar-refractivity contribution in [3.8, 4) is 0 Å². The molecule has 2 N–H and O–H groups in total. The average molecular weight is 282 g/mol. The van der Waals surface area contributed by atoms with Crippen LogP contribution in [0, 0.1) is 13.8 Å². The number of aryl methyl sites for hydroxylation is 1. The summed E-state index contributed by atoms with van der Waals surface area (Å²) < 4.78 is 7.60. The van der Waals surface area contributed by atoms with E-state index in [-0.39, 0.29) is 12.7 Å². The van der Waals surface area contributed by atoms with Crippen molar-refractivity contribution in [1.29, 1.82) is 0 Å². The first-order valence-corrected chi connectivity index (χ1v) is 7.26. The predicted octanol–water partition coefficient (Wildman–Crippen LogP) is -0.0876. The standard InChI is InChI=1S/C14H26N4O2/c1-11-14(12(2)18(16-11)4-6-19)9-15-8-13-10-17(3)5-7-20-13/h13,15,19H,4-10H2,1-3H3. The van der Waals surface area contributed by atoms with E-state index >= 15 is 0 Å². The van der Waals surface area contributed by atoms with E-state index in [0.29, 0.717) is 6.54 Å². The van der Waals surface area contributed by atoms with Gasteiger partial charge in [-0.15, -0.1) is 0 Å². The highest BCUT2D eigenvalue weighted by molar-refractivity contribution is 5.24. The smallest absolute Gasteiger partial charge is 0.0826 e. The van der Waals surface area contributed by atoms with Crippen molar-refractivity contribution in [2.75, 3.05) is 39.9 Å². The second-order valence-corrected chi connectivity index (χ2v) is 5.48. The maximum absolute atomic E-state index is 9.02. The van der Waals surface area contributed by atoms with Crippen molar-refractivity contribution in [2.24, 2.45) is 0 Å². The fourth-order valence-electron chi connectivity index (χ4n) is 2.65. The average Bonchev–Trinajstić information content (AvgIpc) is 2.67. The van der Waals surface area contributed by atoms with Crippen LogP contribution in [-0.2, 0) is 17.8 Å². The highest BCUT2D eigenvalue weighted by atomic mass is 16.5. The molecule has 1 atom stereocenters. The first-order valence-electron chi connectivity index (χ1n) is 7.26. The minimum Gasteiger partial charge on any atom is -0.394 e. The number of nitrogens with zero attached hydrogens (tertiary/aromatic N) is 3. The zero-order chi connectivity index (χ0) is 14.5. The number of nitrogens with one attached hydrogen (secondary N) is 1. The van der Waals surface area contributed by atoms with Crippen LogP contribution in [0.5, 0.6) is 0 Å². The van der Waals surface area contributed by atoms with E-state index in [1.54, 1.807) is 0 Å². The molecule has 2 heterocycles. The molecule has 1 fully saturated rings. The molecule has 0 aliphatic carbocycles. The van der Waals surface area contributed by atoms with Crippen molar-refractivity contribution in [3.05, 3.63) is 17.0 Å². The molecule has 1 aliphatic heterocycles. The molecular formula is C14H26N4O2. The molecule has 1 saturated heterocycles. The van der Waals surface area contributed by atoms with Crippen molar-refractivity contribution in [3.63, 3.8) is 0 Å². The number of morpholine rings is 1. The quantitative estimate of drug-likeness (QED) is 0.764. The SMILES string of the molecule is Cc1nn(CCO)c(C)c1CNCC1CN(C)CCO1. The van der Waals surface area contributed by atoms with Crippen LogP contribution in [0.25, 0.3) is 0 Å². The Bertz CT molecular complexity index is 433. The molecule has 0 aromatic carbocycles. The van der Waals surface area contributed by atoms with E-state index < -0.39 is 0 Å². The van der Waals surface area contributed by atoms with Gasteiger partial charge in [0.25, 0.3) is 0 Å². The summed E-state index contributed by atoms with van der Waals surface area (Å²) in [5, 5.41) is 16.9. The molecule has 0 amide bonds. The number of aliphatic hydroxyl groups excluding tert-OH is 1. The number of hydrogen-bond donors (Lipinski definition) is 2. The maximum atomic E-state index is 9.02. The molecule has 2 rings (SSSR count). The monoisotopic (exact) mass is 282 g/mol. The Kier molecular flexibility index (Phi) is 5.54. The molecule has 0 spiro atoms. The fourth-order valence-corrected chi connectivity index (χ4v) is 2.65. The number of ether oxygens (including phenoxy) is 1. The predicted molar refractivity (Wildman–Crippen MR) is 77.7 cm³/mol. The van der Waals surface area contributed by atoms with E-state index in [4.69, 9.17) is 9.84 Å². The number of aromatic nitrogens is 2. The Morgan fingerprint density at radius 1 is 1.45 bits per heavy atom. The molecule has 6 nitrogen and oxygen atoms in total. The molecule has 6 heteroatoms. The van der Waals surface area contributed by atoms with Crippen LogP contribution >= 0.6 is 0 Å². The van der Waals surface area contributed by atoms with Crippen LogP contribution in [-0.4, -0.2) is 65.8 Å². The Hall–Kier alpha value is -0.950. The summed E-state index contributed by atoms with van der Waals surface area (Å²) in [4.78, 5) is 2.30. The van der Waals surface area contributed by atoms with Crippen LogP contribution < -0.4 is 5.32 Å². The third-order valence-electron chi connectivity index (χ3n) is 3.86. The van der Waals surface area contributed by atoms with Gasteiger partial charge in [-0.05, 0) is 20.9 Å². The van der Waals surface area contributed by atoms with Gasteiger partial charge in [-0.25, -0.2) is 0 Å². The highest BCUT2D eigenvalue weighted by Gasteiger charge is 2.17. The molecule has 114 valence electrons. The lowest BCUT2D eigenvalue weighted by molar-refractivity contribution is -0.0182.